The van der Waals surface area contributed by atoms with Crippen LogP contribution in [0.15, 0.2) is 78.7 Å². The molecule has 168 valence electrons. The zero-order valence-electron chi connectivity index (χ0n) is 18.8. The van der Waals surface area contributed by atoms with Crippen molar-refractivity contribution in [3.05, 3.63) is 89.8 Å². The van der Waals surface area contributed by atoms with Crippen molar-refractivity contribution in [2.75, 3.05) is 31.5 Å². The van der Waals surface area contributed by atoms with E-state index in [0.29, 0.717) is 12.1 Å². The van der Waals surface area contributed by atoms with Crippen LogP contribution >= 0.6 is 0 Å². The number of aromatic nitrogens is 1. The summed E-state index contributed by atoms with van der Waals surface area (Å²) in [6.07, 6.45) is 12.0. The second-order valence-electron chi connectivity index (χ2n) is 7.87. The van der Waals surface area contributed by atoms with Crippen molar-refractivity contribution in [2.45, 2.75) is 25.9 Å². The minimum absolute atomic E-state index is 0.238. The maximum absolute atomic E-state index is 8.50. The summed E-state index contributed by atoms with van der Waals surface area (Å²) in [4.78, 5) is 6.68. The lowest BCUT2D eigenvalue weighted by Gasteiger charge is -2.27. The van der Waals surface area contributed by atoms with E-state index in [0.717, 1.165) is 49.7 Å². The van der Waals surface area contributed by atoms with Gasteiger partial charge in [-0.1, -0.05) is 48.6 Å². The van der Waals surface area contributed by atoms with E-state index < -0.39 is 0 Å². The van der Waals surface area contributed by atoms with Gasteiger partial charge in [0.25, 0.3) is 0 Å². The molecule has 0 aliphatic carbocycles. The van der Waals surface area contributed by atoms with E-state index in [1.807, 2.05) is 55.6 Å². The molecule has 3 rings (SSSR count). The summed E-state index contributed by atoms with van der Waals surface area (Å²) in [6.45, 7) is 7.17. The van der Waals surface area contributed by atoms with Gasteiger partial charge in [0, 0.05) is 45.0 Å². The molecule has 6 heteroatoms. The van der Waals surface area contributed by atoms with Gasteiger partial charge in [0.15, 0.2) is 0 Å². The van der Waals surface area contributed by atoms with Gasteiger partial charge in [0.2, 0.25) is 0 Å². The second-order valence-corrected chi connectivity index (χ2v) is 7.87. The molecule has 32 heavy (non-hydrogen) atoms. The van der Waals surface area contributed by atoms with Crippen LogP contribution in [-0.4, -0.2) is 47.8 Å². The molecule has 6 nitrogen and oxygen atoms in total. The number of allylic oxidation sites excluding steroid dienone is 2. The van der Waals surface area contributed by atoms with E-state index in [1.165, 1.54) is 5.56 Å². The first-order valence-corrected chi connectivity index (χ1v) is 11.2. The Kier molecular flexibility index (Phi) is 9.37. The van der Waals surface area contributed by atoms with Crippen molar-refractivity contribution < 1.29 is 0 Å². The summed E-state index contributed by atoms with van der Waals surface area (Å²) in [5.74, 6) is 0.790. The predicted molar refractivity (Wildman–Crippen MR) is 135 cm³/mol. The summed E-state index contributed by atoms with van der Waals surface area (Å²) in [6, 6.07) is 14.0. The maximum Gasteiger partial charge on any atom is 0.129 e. The Morgan fingerprint density at radius 1 is 1.25 bits per heavy atom. The molecule has 1 fully saturated rings. The van der Waals surface area contributed by atoms with Crippen LogP contribution in [0, 0.1) is 5.41 Å². The number of anilines is 1. The number of pyridine rings is 1. The Bertz CT molecular complexity index is 942. The molecule has 5 N–H and O–H groups in total. The number of nitrogens with zero attached hydrogens (tertiary/aromatic N) is 2. The highest BCUT2D eigenvalue weighted by Gasteiger charge is 2.11. The van der Waals surface area contributed by atoms with Gasteiger partial charge in [0.05, 0.1) is 5.71 Å². The molecule has 1 atom stereocenters. The van der Waals surface area contributed by atoms with Crippen molar-refractivity contribution in [1.29, 1.82) is 5.41 Å². The number of hydrogen-bond acceptors (Lipinski definition) is 6. The lowest BCUT2D eigenvalue weighted by Crippen LogP contribution is -2.42. The second kappa shape index (κ2) is 12.7. The van der Waals surface area contributed by atoms with Crippen LogP contribution < -0.4 is 16.4 Å². The SMILES string of the molecule is C/C=C(\C(=N)/C=C/c1cccc(CN2CCNCC2)c1)C(N)C/C=C/Nc1ccccn1. The largest absolute Gasteiger partial charge is 0.347 e. The summed E-state index contributed by atoms with van der Waals surface area (Å²) < 4.78 is 0. The van der Waals surface area contributed by atoms with Crippen LogP contribution in [-0.2, 0) is 6.54 Å². The third-order valence-corrected chi connectivity index (χ3v) is 5.43. The van der Waals surface area contributed by atoms with Crippen LogP contribution in [0.2, 0.25) is 0 Å². The number of piperazine rings is 1. The lowest BCUT2D eigenvalue weighted by molar-refractivity contribution is 0.233. The van der Waals surface area contributed by atoms with E-state index in [9.17, 15) is 0 Å². The van der Waals surface area contributed by atoms with Crippen LogP contribution in [0.1, 0.15) is 24.5 Å². The molecule has 0 spiro atoms. The summed E-state index contributed by atoms with van der Waals surface area (Å²) in [7, 11) is 0. The molecular formula is C26H34N6. The van der Waals surface area contributed by atoms with E-state index in [4.69, 9.17) is 11.1 Å². The van der Waals surface area contributed by atoms with Gasteiger partial charge in [-0.05, 0) is 54.5 Å². The van der Waals surface area contributed by atoms with Crippen molar-refractivity contribution in [1.82, 2.24) is 15.2 Å². The highest BCUT2D eigenvalue weighted by atomic mass is 15.2. The Hall–Kier alpha value is -3.06. The highest BCUT2D eigenvalue weighted by Crippen LogP contribution is 2.13. The standard InChI is InChI=1S/C26H34N6/c1-2-23(24(27)9-6-14-31-26-10-3-4-13-30-26)25(28)12-11-21-7-5-8-22(19-21)20-32-17-15-29-16-18-32/h2-8,10-14,19,24,28-29H,9,15-18,20,27H2,1H3,(H,30,31)/b12-11+,14-6+,23-2-,28-25?. The van der Waals surface area contributed by atoms with Gasteiger partial charge in [-0.25, -0.2) is 4.98 Å². The molecule has 1 aliphatic heterocycles. The lowest BCUT2D eigenvalue weighted by atomic mass is 9.98. The Morgan fingerprint density at radius 3 is 2.84 bits per heavy atom. The molecule has 0 amide bonds. The maximum atomic E-state index is 8.50. The number of benzene rings is 1. The molecule has 1 aromatic heterocycles. The van der Waals surface area contributed by atoms with Crippen molar-refractivity contribution in [3.8, 4) is 0 Å². The molecular weight excluding hydrogens is 396 g/mol. The third-order valence-electron chi connectivity index (χ3n) is 5.43. The summed E-state index contributed by atoms with van der Waals surface area (Å²) >= 11 is 0. The molecule has 1 unspecified atom stereocenters. The van der Waals surface area contributed by atoms with Crippen molar-refractivity contribution in [2.24, 2.45) is 5.73 Å². The van der Waals surface area contributed by atoms with Crippen LogP contribution in [0.5, 0.6) is 0 Å². The predicted octanol–water partition coefficient (Wildman–Crippen LogP) is 3.81. The molecule has 1 aromatic carbocycles. The number of rotatable bonds is 10. The topological polar surface area (TPSA) is 90.1 Å². The van der Waals surface area contributed by atoms with E-state index >= 15 is 0 Å². The fourth-order valence-corrected chi connectivity index (χ4v) is 3.70. The molecule has 0 saturated carbocycles. The Morgan fingerprint density at radius 2 is 2.09 bits per heavy atom. The zero-order valence-corrected chi connectivity index (χ0v) is 18.8. The van der Waals surface area contributed by atoms with Gasteiger partial charge in [0.1, 0.15) is 5.82 Å². The zero-order chi connectivity index (χ0) is 22.6. The summed E-state index contributed by atoms with van der Waals surface area (Å²) in [5.41, 5.74) is 10.0. The first-order valence-electron chi connectivity index (χ1n) is 11.2. The smallest absolute Gasteiger partial charge is 0.129 e. The number of nitrogens with one attached hydrogen (secondary N) is 3. The van der Waals surface area contributed by atoms with Crippen LogP contribution in [0.4, 0.5) is 5.82 Å². The molecule has 1 saturated heterocycles. The molecule has 0 radical (unpaired) electrons. The fourth-order valence-electron chi connectivity index (χ4n) is 3.70. The van der Waals surface area contributed by atoms with Gasteiger partial charge in [-0.2, -0.15) is 0 Å². The fraction of sp³-hybridized carbons (Fsp3) is 0.308. The first-order chi connectivity index (χ1) is 15.7. The Balaban J connectivity index is 1.53. The van der Waals surface area contributed by atoms with Gasteiger partial charge < -0.3 is 21.8 Å². The van der Waals surface area contributed by atoms with Crippen LogP contribution in [0.3, 0.4) is 0 Å². The quantitative estimate of drug-likeness (QED) is 0.431. The highest BCUT2D eigenvalue weighted by molar-refractivity contribution is 6.09. The summed E-state index contributed by atoms with van der Waals surface area (Å²) in [5, 5.41) is 15.0. The van der Waals surface area contributed by atoms with E-state index in [2.05, 4.69) is 44.8 Å². The monoisotopic (exact) mass is 430 g/mol. The molecule has 2 heterocycles. The normalized spacial score (nSPS) is 16.5. The first kappa shape index (κ1) is 23.6. The number of nitrogens with two attached hydrogens (primary N) is 1. The number of hydrogen-bond donors (Lipinski definition) is 4. The minimum Gasteiger partial charge on any atom is -0.347 e. The third kappa shape index (κ3) is 7.57. The minimum atomic E-state index is -0.238. The van der Waals surface area contributed by atoms with Crippen molar-refractivity contribution >= 4 is 17.6 Å². The molecule has 2 aromatic rings. The van der Waals surface area contributed by atoms with Gasteiger partial charge in [-0.15, -0.1) is 0 Å². The molecule has 0 bridgehead atoms. The van der Waals surface area contributed by atoms with Gasteiger partial charge in [-0.3, -0.25) is 4.90 Å². The average Bonchev–Trinajstić information content (AvgIpc) is 2.82. The molecule has 1 aliphatic rings. The average molecular weight is 431 g/mol. The van der Waals surface area contributed by atoms with E-state index in [-0.39, 0.29) is 6.04 Å². The van der Waals surface area contributed by atoms with Crippen molar-refractivity contribution in [3.63, 3.8) is 0 Å². The van der Waals surface area contributed by atoms with Crippen LogP contribution in [0.25, 0.3) is 6.08 Å². The Labute approximate surface area is 191 Å². The van der Waals surface area contributed by atoms with E-state index in [1.54, 1.807) is 6.20 Å². The van der Waals surface area contributed by atoms with Gasteiger partial charge >= 0.3 is 0 Å².